The molecule has 0 spiro atoms. The van der Waals surface area contributed by atoms with Crippen LogP contribution in [0.4, 0.5) is 0 Å². The molecular formula is C13H27Cl2N3O. The second-order valence-corrected chi connectivity index (χ2v) is 5.89. The summed E-state index contributed by atoms with van der Waals surface area (Å²) in [7, 11) is 2.14. The van der Waals surface area contributed by atoms with Gasteiger partial charge in [0.25, 0.3) is 0 Å². The third kappa shape index (κ3) is 5.10. The van der Waals surface area contributed by atoms with Gasteiger partial charge < -0.3 is 15.5 Å². The van der Waals surface area contributed by atoms with Gasteiger partial charge in [-0.1, -0.05) is 0 Å². The molecule has 1 atom stereocenters. The van der Waals surface area contributed by atoms with Gasteiger partial charge in [-0.25, -0.2) is 0 Å². The van der Waals surface area contributed by atoms with Crippen molar-refractivity contribution in [1.29, 1.82) is 0 Å². The first-order valence-corrected chi connectivity index (χ1v) is 6.80. The maximum Gasteiger partial charge on any atom is 0.227 e. The van der Waals surface area contributed by atoms with Crippen LogP contribution in [0.15, 0.2) is 0 Å². The summed E-state index contributed by atoms with van der Waals surface area (Å²) in [6.07, 6.45) is 4.30. The van der Waals surface area contributed by atoms with Crippen molar-refractivity contribution < 1.29 is 4.79 Å². The van der Waals surface area contributed by atoms with Crippen LogP contribution >= 0.6 is 24.8 Å². The first kappa shape index (κ1) is 19.0. The minimum Gasteiger partial charge on any atom is -0.353 e. The Morgan fingerprint density at radius 2 is 1.95 bits per heavy atom. The number of carbonyl (C=O) groups is 1. The van der Waals surface area contributed by atoms with Gasteiger partial charge in [0.1, 0.15) is 0 Å². The Hall–Kier alpha value is -0.0300. The molecule has 6 heteroatoms. The smallest absolute Gasteiger partial charge is 0.227 e. The Labute approximate surface area is 128 Å². The van der Waals surface area contributed by atoms with E-state index in [4.69, 9.17) is 0 Å². The Bertz CT molecular complexity index is 275. The number of likely N-dealkylation sites (tertiary alicyclic amines) is 1. The van der Waals surface area contributed by atoms with Crippen molar-refractivity contribution in [3.8, 4) is 0 Å². The summed E-state index contributed by atoms with van der Waals surface area (Å²) in [5.74, 6) is 0.249. The number of piperidine rings is 2. The molecule has 0 saturated carbocycles. The van der Waals surface area contributed by atoms with E-state index in [0.717, 1.165) is 51.9 Å². The number of hydrogen-bond acceptors (Lipinski definition) is 3. The van der Waals surface area contributed by atoms with Gasteiger partial charge in [0.15, 0.2) is 0 Å². The lowest BCUT2D eigenvalue weighted by Crippen LogP contribution is -2.53. The van der Waals surface area contributed by atoms with E-state index in [2.05, 4.69) is 29.5 Å². The first-order valence-electron chi connectivity index (χ1n) is 6.80. The molecule has 0 bridgehead atoms. The van der Waals surface area contributed by atoms with E-state index in [1.807, 2.05) is 0 Å². The molecule has 0 aromatic rings. The molecule has 1 unspecified atom stereocenters. The largest absolute Gasteiger partial charge is 0.353 e. The van der Waals surface area contributed by atoms with E-state index in [0.29, 0.717) is 6.04 Å². The molecule has 0 aromatic heterocycles. The SMILES string of the molecule is CN1CCC(NC(=O)C2(C)CCCNC2)CC1.Cl.Cl. The highest BCUT2D eigenvalue weighted by atomic mass is 35.5. The number of amides is 1. The second kappa shape index (κ2) is 8.30. The highest BCUT2D eigenvalue weighted by molar-refractivity contribution is 5.85. The van der Waals surface area contributed by atoms with E-state index in [-0.39, 0.29) is 36.1 Å². The Morgan fingerprint density at radius 1 is 1.32 bits per heavy atom. The molecular weight excluding hydrogens is 285 g/mol. The molecule has 0 aliphatic carbocycles. The molecule has 2 aliphatic rings. The average molecular weight is 312 g/mol. The van der Waals surface area contributed by atoms with E-state index in [9.17, 15) is 4.79 Å². The van der Waals surface area contributed by atoms with E-state index in [1.165, 1.54) is 0 Å². The van der Waals surface area contributed by atoms with Crippen LogP contribution < -0.4 is 10.6 Å². The predicted molar refractivity (Wildman–Crippen MR) is 83.4 cm³/mol. The quantitative estimate of drug-likeness (QED) is 0.811. The second-order valence-electron chi connectivity index (χ2n) is 5.89. The van der Waals surface area contributed by atoms with Crippen LogP contribution in [0.1, 0.15) is 32.6 Å². The van der Waals surface area contributed by atoms with Gasteiger partial charge in [-0.3, -0.25) is 4.79 Å². The Kier molecular flexibility index (Phi) is 8.29. The summed E-state index contributed by atoms with van der Waals surface area (Å²) in [6.45, 7) is 6.16. The van der Waals surface area contributed by atoms with Crippen molar-refractivity contribution in [1.82, 2.24) is 15.5 Å². The van der Waals surface area contributed by atoms with Crippen molar-refractivity contribution in [2.24, 2.45) is 5.41 Å². The molecule has 2 N–H and O–H groups in total. The Morgan fingerprint density at radius 3 is 2.47 bits per heavy atom. The van der Waals surface area contributed by atoms with Gasteiger partial charge in [0, 0.05) is 12.6 Å². The number of hydrogen-bond donors (Lipinski definition) is 2. The van der Waals surface area contributed by atoms with Crippen LogP contribution in [0.5, 0.6) is 0 Å². The van der Waals surface area contributed by atoms with Gasteiger partial charge in [0.2, 0.25) is 5.91 Å². The van der Waals surface area contributed by atoms with Crippen LogP contribution in [-0.4, -0.2) is 50.1 Å². The lowest BCUT2D eigenvalue weighted by Gasteiger charge is -2.36. The summed E-state index contributed by atoms with van der Waals surface area (Å²) in [4.78, 5) is 14.6. The summed E-state index contributed by atoms with van der Waals surface area (Å²) in [5.41, 5.74) is -0.193. The zero-order valence-electron chi connectivity index (χ0n) is 11.9. The minimum absolute atomic E-state index is 0. The van der Waals surface area contributed by atoms with Crippen molar-refractivity contribution >= 4 is 30.7 Å². The van der Waals surface area contributed by atoms with Crippen LogP contribution in [0.2, 0.25) is 0 Å². The third-order valence-electron chi connectivity index (χ3n) is 4.20. The summed E-state index contributed by atoms with van der Waals surface area (Å²) < 4.78 is 0. The van der Waals surface area contributed by atoms with Gasteiger partial charge in [-0.15, -0.1) is 24.8 Å². The highest BCUT2D eigenvalue weighted by Crippen LogP contribution is 2.26. The number of nitrogens with one attached hydrogen (secondary N) is 2. The molecule has 2 heterocycles. The molecule has 0 aromatic carbocycles. The van der Waals surface area contributed by atoms with Crippen LogP contribution in [0.3, 0.4) is 0 Å². The number of nitrogens with zero attached hydrogens (tertiary/aromatic N) is 1. The monoisotopic (exact) mass is 311 g/mol. The minimum atomic E-state index is -0.193. The van der Waals surface area contributed by atoms with Gasteiger partial charge in [0.05, 0.1) is 5.41 Å². The predicted octanol–water partition coefficient (Wildman–Crippen LogP) is 1.43. The number of halogens is 2. The first-order chi connectivity index (χ1) is 8.10. The zero-order chi connectivity index (χ0) is 12.3. The van der Waals surface area contributed by atoms with E-state index >= 15 is 0 Å². The van der Waals surface area contributed by atoms with Crippen molar-refractivity contribution in [3.05, 3.63) is 0 Å². The summed E-state index contributed by atoms with van der Waals surface area (Å²) in [5, 5.41) is 6.58. The van der Waals surface area contributed by atoms with Crippen LogP contribution in [0.25, 0.3) is 0 Å². The number of rotatable bonds is 2. The van der Waals surface area contributed by atoms with Crippen LogP contribution in [0, 0.1) is 5.41 Å². The molecule has 2 rings (SSSR count). The molecule has 2 saturated heterocycles. The molecule has 2 aliphatic heterocycles. The third-order valence-corrected chi connectivity index (χ3v) is 4.20. The average Bonchev–Trinajstić information content (AvgIpc) is 2.33. The van der Waals surface area contributed by atoms with Gasteiger partial charge in [-0.05, 0) is 59.3 Å². The zero-order valence-corrected chi connectivity index (χ0v) is 13.5. The number of carbonyl (C=O) groups excluding carboxylic acids is 1. The molecule has 1 amide bonds. The summed E-state index contributed by atoms with van der Waals surface area (Å²) in [6, 6.07) is 0.387. The summed E-state index contributed by atoms with van der Waals surface area (Å²) >= 11 is 0. The lowest BCUT2D eigenvalue weighted by atomic mass is 9.81. The maximum atomic E-state index is 12.3. The van der Waals surface area contributed by atoms with Gasteiger partial charge in [-0.2, -0.15) is 0 Å². The molecule has 114 valence electrons. The van der Waals surface area contributed by atoms with Crippen molar-refractivity contribution in [2.75, 3.05) is 33.2 Å². The highest BCUT2D eigenvalue weighted by Gasteiger charge is 2.35. The van der Waals surface area contributed by atoms with E-state index < -0.39 is 0 Å². The van der Waals surface area contributed by atoms with Gasteiger partial charge >= 0.3 is 0 Å². The molecule has 2 fully saturated rings. The normalized spacial score (nSPS) is 28.9. The maximum absolute atomic E-state index is 12.3. The molecule has 19 heavy (non-hydrogen) atoms. The topological polar surface area (TPSA) is 44.4 Å². The van der Waals surface area contributed by atoms with Crippen molar-refractivity contribution in [2.45, 2.75) is 38.6 Å². The molecule has 4 nitrogen and oxygen atoms in total. The lowest BCUT2D eigenvalue weighted by molar-refractivity contribution is -0.132. The molecule has 0 radical (unpaired) electrons. The fraction of sp³-hybridized carbons (Fsp3) is 0.923. The fourth-order valence-electron chi connectivity index (χ4n) is 2.76. The Balaban J connectivity index is 0.00000162. The van der Waals surface area contributed by atoms with Crippen LogP contribution in [-0.2, 0) is 4.79 Å². The fourth-order valence-corrected chi connectivity index (χ4v) is 2.76. The standard InChI is InChI=1S/C13H25N3O.2ClH/c1-13(6-3-7-14-10-13)12(17)15-11-4-8-16(2)9-5-11;;/h11,14H,3-10H2,1-2H3,(H,15,17);2*1H. The van der Waals surface area contributed by atoms with E-state index in [1.54, 1.807) is 0 Å². The van der Waals surface area contributed by atoms with Crippen molar-refractivity contribution in [3.63, 3.8) is 0 Å².